The largest absolute Gasteiger partial charge is 0.476 e. The second-order valence-corrected chi connectivity index (χ2v) is 2.79. The van der Waals surface area contributed by atoms with Gasteiger partial charge in [0, 0.05) is 0 Å². The highest BCUT2D eigenvalue weighted by atomic mass is 35.5. The average Bonchev–Trinajstić information content (AvgIpc) is 2.46. The van der Waals surface area contributed by atoms with E-state index in [0.717, 1.165) is 0 Å². The second kappa shape index (κ2) is 2.70. The summed E-state index contributed by atoms with van der Waals surface area (Å²) in [5.41, 5.74) is 0.722. The van der Waals surface area contributed by atoms with E-state index in [9.17, 15) is 4.79 Å². The lowest BCUT2D eigenvalue weighted by Gasteiger charge is -1.90. The van der Waals surface area contributed by atoms with Gasteiger partial charge >= 0.3 is 5.97 Å². The summed E-state index contributed by atoms with van der Waals surface area (Å²) in [6.07, 6.45) is 0. The SMILES string of the molecule is O=C(O)c1n[nH]c2ccc(Cl)nc12. The molecule has 0 aliphatic rings. The molecule has 0 aliphatic carbocycles. The maximum absolute atomic E-state index is 10.6. The van der Waals surface area contributed by atoms with E-state index in [0.29, 0.717) is 5.52 Å². The predicted molar refractivity (Wildman–Crippen MR) is 45.9 cm³/mol. The zero-order valence-corrected chi connectivity index (χ0v) is 7.04. The molecular weight excluding hydrogens is 194 g/mol. The Bertz CT molecular complexity index is 480. The number of aromatic nitrogens is 3. The van der Waals surface area contributed by atoms with Gasteiger partial charge in [0.2, 0.25) is 0 Å². The fourth-order valence-electron chi connectivity index (χ4n) is 1.02. The van der Waals surface area contributed by atoms with Gasteiger partial charge in [0.05, 0.1) is 5.52 Å². The smallest absolute Gasteiger partial charge is 0.358 e. The number of pyridine rings is 1. The molecule has 0 saturated heterocycles. The van der Waals surface area contributed by atoms with Crippen LogP contribution in [0.1, 0.15) is 10.5 Å². The lowest BCUT2D eigenvalue weighted by Crippen LogP contribution is -1.97. The molecule has 0 atom stereocenters. The van der Waals surface area contributed by atoms with Crippen LogP contribution in [0, 0.1) is 0 Å². The molecule has 0 bridgehead atoms. The van der Waals surface area contributed by atoms with Crippen LogP contribution < -0.4 is 0 Å². The number of hydrogen-bond acceptors (Lipinski definition) is 3. The highest BCUT2D eigenvalue weighted by molar-refractivity contribution is 6.29. The van der Waals surface area contributed by atoms with Crippen LogP contribution in [-0.2, 0) is 0 Å². The first kappa shape index (κ1) is 8.00. The Balaban J connectivity index is 2.79. The molecule has 2 aromatic heterocycles. The summed E-state index contributed by atoms with van der Waals surface area (Å²) >= 11 is 5.61. The third-order valence-corrected chi connectivity index (χ3v) is 1.79. The molecule has 2 rings (SSSR count). The summed E-state index contributed by atoms with van der Waals surface area (Å²) in [6.45, 7) is 0. The fraction of sp³-hybridized carbons (Fsp3) is 0. The molecule has 0 aliphatic heterocycles. The van der Waals surface area contributed by atoms with Gasteiger partial charge in [0.1, 0.15) is 10.7 Å². The van der Waals surface area contributed by atoms with Crippen LogP contribution in [0.2, 0.25) is 5.15 Å². The molecule has 5 nitrogen and oxygen atoms in total. The summed E-state index contributed by atoms with van der Waals surface area (Å²) in [5, 5.41) is 15.1. The van der Waals surface area contributed by atoms with Crippen molar-refractivity contribution in [2.75, 3.05) is 0 Å². The highest BCUT2D eigenvalue weighted by Gasteiger charge is 2.13. The number of fused-ring (bicyclic) bond motifs is 1. The van der Waals surface area contributed by atoms with E-state index in [1.165, 1.54) is 0 Å². The third-order valence-electron chi connectivity index (χ3n) is 1.58. The van der Waals surface area contributed by atoms with Crippen molar-refractivity contribution in [3.63, 3.8) is 0 Å². The Hall–Kier alpha value is -1.62. The Morgan fingerprint density at radius 3 is 3.00 bits per heavy atom. The normalized spacial score (nSPS) is 10.5. The number of nitrogens with zero attached hydrogens (tertiary/aromatic N) is 2. The van der Waals surface area contributed by atoms with Gasteiger partial charge in [0.15, 0.2) is 5.69 Å². The third kappa shape index (κ3) is 1.23. The first-order chi connectivity index (χ1) is 6.18. The molecule has 0 radical (unpaired) electrons. The van der Waals surface area contributed by atoms with Gasteiger partial charge in [-0.25, -0.2) is 9.78 Å². The summed E-state index contributed by atoms with van der Waals surface area (Å²) in [7, 11) is 0. The number of nitrogens with one attached hydrogen (secondary N) is 1. The summed E-state index contributed by atoms with van der Waals surface area (Å²) in [6, 6.07) is 3.19. The van der Waals surface area contributed by atoms with Crippen LogP contribution in [0.3, 0.4) is 0 Å². The second-order valence-electron chi connectivity index (χ2n) is 2.41. The maximum atomic E-state index is 10.6. The van der Waals surface area contributed by atoms with Gasteiger partial charge in [-0.3, -0.25) is 5.10 Å². The molecule has 0 unspecified atom stereocenters. The van der Waals surface area contributed by atoms with Crippen molar-refractivity contribution in [1.82, 2.24) is 15.2 Å². The number of rotatable bonds is 1. The van der Waals surface area contributed by atoms with Crippen molar-refractivity contribution in [3.8, 4) is 0 Å². The van der Waals surface area contributed by atoms with Crippen molar-refractivity contribution in [1.29, 1.82) is 0 Å². The van der Waals surface area contributed by atoms with E-state index in [1.807, 2.05) is 0 Å². The van der Waals surface area contributed by atoms with Crippen molar-refractivity contribution in [2.45, 2.75) is 0 Å². The minimum Gasteiger partial charge on any atom is -0.476 e. The maximum Gasteiger partial charge on any atom is 0.358 e. The van der Waals surface area contributed by atoms with Gasteiger partial charge in [-0.15, -0.1) is 0 Å². The first-order valence-electron chi connectivity index (χ1n) is 3.42. The van der Waals surface area contributed by atoms with Crippen molar-refractivity contribution in [3.05, 3.63) is 23.0 Å². The molecule has 0 spiro atoms. The predicted octanol–water partition coefficient (Wildman–Crippen LogP) is 1.31. The quantitative estimate of drug-likeness (QED) is 0.676. The molecule has 0 aromatic carbocycles. The number of carboxylic acid groups (broad SMARTS) is 1. The van der Waals surface area contributed by atoms with Crippen molar-refractivity contribution in [2.24, 2.45) is 0 Å². The van der Waals surface area contributed by atoms with E-state index in [1.54, 1.807) is 12.1 Å². The van der Waals surface area contributed by atoms with Crippen LogP contribution in [0.25, 0.3) is 11.0 Å². The van der Waals surface area contributed by atoms with Crippen LogP contribution in [0.15, 0.2) is 12.1 Å². The number of halogens is 1. The Labute approximate surface area is 77.4 Å². The Morgan fingerprint density at radius 1 is 1.54 bits per heavy atom. The molecule has 0 fully saturated rings. The van der Waals surface area contributed by atoms with E-state index in [2.05, 4.69) is 15.2 Å². The molecule has 2 aromatic rings. The molecule has 66 valence electrons. The summed E-state index contributed by atoms with van der Waals surface area (Å²) < 4.78 is 0. The number of hydrogen-bond donors (Lipinski definition) is 2. The fourth-order valence-corrected chi connectivity index (χ4v) is 1.17. The molecule has 6 heteroatoms. The van der Waals surface area contributed by atoms with Crippen molar-refractivity contribution < 1.29 is 9.90 Å². The number of carbonyl (C=O) groups is 1. The van der Waals surface area contributed by atoms with Gasteiger partial charge in [0.25, 0.3) is 0 Å². The molecule has 2 N–H and O–H groups in total. The van der Waals surface area contributed by atoms with Gasteiger partial charge < -0.3 is 5.11 Å². The lowest BCUT2D eigenvalue weighted by atomic mass is 10.3. The average molecular weight is 198 g/mol. The van der Waals surface area contributed by atoms with Crippen LogP contribution in [0.4, 0.5) is 0 Å². The number of carboxylic acids is 1. The first-order valence-corrected chi connectivity index (χ1v) is 3.80. The van der Waals surface area contributed by atoms with E-state index in [-0.39, 0.29) is 16.4 Å². The van der Waals surface area contributed by atoms with Gasteiger partial charge in [-0.05, 0) is 12.1 Å². The minimum atomic E-state index is -1.12. The van der Waals surface area contributed by atoms with Crippen LogP contribution in [-0.4, -0.2) is 26.3 Å². The topological polar surface area (TPSA) is 78.9 Å². The minimum absolute atomic E-state index is 0.113. The molecule has 0 saturated carbocycles. The number of H-pyrrole nitrogens is 1. The van der Waals surface area contributed by atoms with Crippen LogP contribution >= 0.6 is 11.6 Å². The Kier molecular flexibility index (Phi) is 1.66. The highest BCUT2D eigenvalue weighted by Crippen LogP contribution is 2.16. The van der Waals surface area contributed by atoms with Crippen LogP contribution in [0.5, 0.6) is 0 Å². The van der Waals surface area contributed by atoms with Gasteiger partial charge in [-0.1, -0.05) is 11.6 Å². The Morgan fingerprint density at radius 2 is 2.31 bits per heavy atom. The van der Waals surface area contributed by atoms with Crippen molar-refractivity contribution >= 4 is 28.6 Å². The zero-order chi connectivity index (χ0) is 9.42. The van der Waals surface area contributed by atoms with E-state index >= 15 is 0 Å². The summed E-state index contributed by atoms with van der Waals surface area (Å²) in [5.74, 6) is -1.12. The molecular formula is C7H4ClN3O2. The van der Waals surface area contributed by atoms with E-state index in [4.69, 9.17) is 16.7 Å². The number of aromatic carboxylic acids is 1. The molecule has 13 heavy (non-hydrogen) atoms. The zero-order valence-electron chi connectivity index (χ0n) is 6.28. The van der Waals surface area contributed by atoms with Gasteiger partial charge in [-0.2, -0.15) is 5.10 Å². The molecule has 0 amide bonds. The van der Waals surface area contributed by atoms with E-state index < -0.39 is 5.97 Å². The lowest BCUT2D eigenvalue weighted by molar-refractivity contribution is 0.0692. The monoisotopic (exact) mass is 197 g/mol. The summed E-state index contributed by atoms with van der Waals surface area (Å²) in [4.78, 5) is 14.5. The molecule has 2 heterocycles. The number of aromatic amines is 1. The standard InChI is InChI=1S/C7H4ClN3O2/c8-4-2-1-3-5(9-4)6(7(12)13)11-10-3/h1-2H,(H,10,11)(H,12,13).